The van der Waals surface area contributed by atoms with Gasteiger partial charge in [0.2, 0.25) is 15.9 Å². The van der Waals surface area contributed by atoms with Crippen molar-refractivity contribution in [1.82, 2.24) is 10.0 Å². The smallest absolute Gasteiger partial charge is 0.241 e. The molecule has 10 heteroatoms. The van der Waals surface area contributed by atoms with Gasteiger partial charge in [-0.05, 0) is 54.8 Å². The Balaban J connectivity index is 1.81. The van der Waals surface area contributed by atoms with E-state index in [1.807, 2.05) is 30.3 Å². The Morgan fingerprint density at radius 3 is 2.25 bits per heavy atom. The van der Waals surface area contributed by atoms with Crippen LogP contribution in [0.5, 0.6) is 17.2 Å². The average Bonchev–Trinajstić information content (AvgIpc) is 2.88. The van der Waals surface area contributed by atoms with Crippen LogP contribution in [0, 0.1) is 0 Å². The number of sulfonamides is 1. The molecule has 0 saturated heterocycles. The van der Waals surface area contributed by atoms with Crippen molar-refractivity contribution in [1.29, 1.82) is 0 Å². The molecule has 8 nitrogen and oxygen atoms in total. The number of amides is 1. The number of benzene rings is 3. The molecule has 0 aliphatic rings. The zero-order chi connectivity index (χ0) is 26.1. The minimum Gasteiger partial charge on any atom is -0.493 e. The van der Waals surface area contributed by atoms with Crippen LogP contribution in [0.25, 0.3) is 0 Å². The lowest BCUT2D eigenvalue weighted by molar-refractivity contribution is -0.122. The Bertz CT molecular complexity index is 1280. The van der Waals surface area contributed by atoms with E-state index in [1.165, 1.54) is 32.4 Å². The van der Waals surface area contributed by atoms with E-state index >= 15 is 0 Å². The van der Waals surface area contributed by atoms with E-state index in [0.29, 0.717) is 23.9 Å². The summed E-state index contributed by atoms with van der Waals surface area (Å²) in [6, 6.07) is 17.6. The fourth-order valence-electron chi connectivity index (χ4n) is 3.52. The standard InChI is InChI=1S/C26H29ClN2O6S/c1-4-35-23-13-11-20(16-21(23)27)36(31,32)29-22(14-18-8-6-5-7-9-18)26(30)28-17-19-10-12-24(33-2)25(15-19)34-3/h5-13,15-16,22,29H,4,14,17H2,1-3H3,(H,28,30)/t22-/m1/s1. The lowest BCUT2D eigenvalue weighted by atomic mass is 10.1. The second kappa shape index (κ2) is 12.6. The number of hydrogen-bond donors (Lipinski definition) is 2. The number of halogens is 1. The van der Waals surface area contributed by atoms with E-state index in [1.54, 1.807) is 25.1 Å². The van der Waals surface area contributed by atoms with Gasteiger partial charge in [-0.3, -0.25) is 4.79 Å². The average molecular weight is 533 g/mol. The molecule has 1 atom stereocenters. The summed E-state index contributed by atoms with van der Waals surface area (Å²) in [6.07, 6.45) is 0.155. The maximum absolute atomic E-state index is 13.2. The molecule has 2 N–H and O–H groups in total. The van der Waals surface area contributed by atoms with Gasteiger partial charge in [-0.1, -0.05) is 48.0 Å². The van der Waals surface area contributed by atoms with Gasteiger partial charge >= 0.3 is 0 Å². The fourth-order valence-corrected chi connectivity index (χ4v) is 5.04. The van der Waals surface area contributed by atoms with Crippen LogP contribution < -0.4 is 24.2 Å². The van der Waals surface area contributed by atoms with Crippen LogP contribution in [-0.2, 0) is 27.8 Å². The predicted octanol–water partition coefficient (Wildman–Crippen LogP) is 3.96. The molecule has 3 aromatic rings. The summed E-state index contributed by atoms with van der Waals surface area (Å²) in [5.41, 5.74) is 1.57. The maximum atomic E-state index is 13.2. The van der Waals surface area contributed by atoms with Crippen LogP contribution in [-0.4, -0.2) is 41.2 Å². The number of methoxy groups -OCH3 is 2. The minimum absolute atomic E-state index is 0.0679. The van der Waals surface area contributed by atoms with Gasteiger partial charge in [0.1, 0.15) is 11.8 Å². The second-order valence-corrected chi connectivity index (χ2v) is 9.92. The highest BCUT2D eigenvalue weighted by Gasteiger charge is 2.27. The minimum atomic E-state index is -4.07. The number of carbonyl (C=O) groups is 1. The fraction of sp³-hybridized carbons (Fsp3) is 0.269. The SMILES string of the molecule is CCOc1ccc(S(=O)(=O)N[C@H](Cc2ccccc2)C(=O)NCc2ccc(OC)c(OC)c2)cc1Cl. The Morgan fingerprint density at radius 1 is 0.917 bits per heavy atom. The van der Waals surface area contributed by atoms with Crippen molar-refractivity contribution >= 4 is 27.5 Å². The molecular formula is C26H29ClN2O6S. The third-order valence-corrected chi connectivity index (χ3v) is 7.09. The van der Waals surface area contributed by atoms with E-state index in [-0.39, 0.29) is 22.9 Å². The Kier molecular flexibility index (Phi) is 9.58. The molecular weight excluding hydrogens is 504 g/mol. The second-order valence-electron chi connectivity index (χ2n) is 7.80. The number of hydrogen-bond acceptors (Lipinski definition) is 6. The summed E-state index contributed by atoms with van der Waals surface area (Å²) in [6.45, 7) is 2.36. The molecule has 3 rings (SSSR count). The van der Waals surface area contributed by atoms with Crippen molar-refractivity contribution in [2.45, 2.75) is 30.8 Å². The molecule has 0 aliphatic heterocycles. The topological polar surface area (TPSA) is 103 Å². The lowest BCUT2D eigenvalue weighted by Gasteiger charge is -2.19. The van der Waals surface area contributed by atoms with Gasteiger partial charge in [0.05, 0.1) is 30.7 Å². The van der Waals surface area contributed by atoms with Crippen LogP contribution in [0.15, 0.2) is 71.6 Å². The van der Waals surface area contributed by atoms with Gasteiger partial charge in [0.15, 0.2) is 11.5 Å². The molecule has 0 aliphatic carbocycles. The molecule has 0 unspecified atom stereocenters. The Labute approximate surface area is 216 Å². The van der Waals surface area contributed by atoms with Gasteiger partial charge in [0.25, 0.3) is 0 Å². The van der Waals surface area contributed by atoms with Gasteiger partial charge < -0.3 is 19.5 Å². The van der Waals surface area contributed by atoms with Crippen molar-refractivity contribution in [2.75, 3.05) is 20.8 Å². The summed E-state index contributed by atoms with van der Waals surface area (Å²) < 4.78 is 44.8. The van der Waals surface area contributed by atoms with Crippen LogP contribution in [0.1, 0.15) is 18.1 Å². The number of ether oxygens (including phenoxy) is 3. The highest BCUT2D eigenvalue weighted by molar-refractivity contribution is 7.89. The first-order chi connectivity index (χ1) is 17.3. The third-order valence-electron chi connectivity index (χ3n) is 5.32. The Morgan fingerprint density at radius 2 is 1.61 bits per heavy atom. The molecule has 0 radical (unpaired) electrons. The largest absolute Gasteiger partial charge is 0.493 e. The zero-order valence-corrected chi connectivity index (χ0v) is 21.9. The van der Waals surface area contributed by atoms with Gasteiger partial charge in [-0.2, -0.15) is 4.72 Å². The molecule has 0 fully saturated rings. The molecule has 36 heavy (non-hydrogen) atoms. The summed E-state index contributed by atoms with van der Waals surface area (Å²) in [5.74, 6) is 0.996. The summed E-state index contributed by atoms with van der Waals surface area (Å²) in [7, 11) is -1.00. The molecule has 3 aromatic carbocycles. The van der Waals surface area contributed by atoms with Crippen molar-refractivity contribution in [2.24, 2.45) is 0 Å². The van der Waals surface area contributed by atoms with Gasteiger partial charge in [-0.15, -0.1) is 0 Å². The predicted molar refractivity (Wildman–Crippen MR) is 138 cm³/mol. The van der Waals surface area contributed by atoms with E-state index in [9.17, 15) is 13.2 Å². The Hall–Kier alpha value is -3.27. The van der Waals surface area contributed by atoms with Crippen LogP contribution in [0.4, 0.5) is 0 Å². The normalized spacial score (nSPS) is 12.0. The molecule has 1 amide bonds. The highest BCUT2D eigenvalue weighted by atomic mass is 35.5. The highest BCUT2D eigenvalue weighted by Crippen LogP contribution is 2.28. The maximum Gasteiger partial charge on any atom is 0.241 e. The number of rotatable bonds is 12. The van der Waals surface area contributed by atoms with Crippen molar-refractivity contribution in [3.05, 3.63) is 82.9 Å². The molecule has 192 valence electrons. The number of carbonyl (C=O) groups excluding carboxylic acids is 1. The summed E-state index contributed by atoms with van der Waals surface area (Å²) >= 11 is 6.19. The van der Waals surface area contributed by atoms with E-state index in [4.69, 9.17) is 25.8 Å². The number of nitrogens with one attached hydrogen (secondary N) is 2. The quantitative estimate of drug-likeness (QED) is 0.366. The molecule has 0 spiro atoms. The van der Waals surface area contributed by atoms with E-state index in [2.05, 4.69) is 10.0 Å². The van der Waals surface area contributed by atoms with Gasteiger partial charge in [0, 0.05) is 6.54 Å². The molecule has 0 heterocycles. The summed E-state index contributed by atoms with van der Waals surface area (Å²) in [5, 5.41) is 2.98. The van der Waals surface area contributed by atoms with Crippen LogP contribution in [0.3, 0.4) is 0 Å². The zero-order valence-electron chi connectivity index (χ0n) is 20.3. The third kappa shape index (κ3) is 7.13. The lowest BCUT2D eigenvalue weighted by Crippen LogP contribution is -2.47. The van der Waals surface area contributed by atoms with Gasteiger partial charge in [-0.25, -0.2) is 8.42 Å². The first-order valence-corrected chi connectivity index (χ1v) is 13.1. The first-order valence-electron chi connectivity index (χ1n) is 11.2. The van der Waals surface area contributed by atoms with Crippen molar-refractivity contribution in [3.63, 3.8) is 0 Å². The molecule has 0 bridgehead atoms. The summed E-state index contributed by atoms with van der Waals surface area (Å²) in [4.78, 5) is 13.1. The van der Waals surface area contributed by atoms with Crippen molar-refractivity contribution < 1.29 is 27.4 Å². The molecule has 0 saturated carbocycles. The van der Waals surface area contributed by atoms with Crippen molar-refractivity contribution in [3.8, 4) is 17.2 Å². The monoisotopic (exact) mass is 532 g/mol. The van der Waals surface area contributed by atoms with Crippen LogP contribution >= 0.6 is 11.6 Å². The van der Waals surface area contributed by atoms with E-state index in [0.717, 1.165) is 11.1 Å². The van der Waals surface area contributed by atoms with E-state index < -0.39 is 22.0 Å². The first kappa shape index (κ1) is 27.3. The molecule has 0 aromatic heterocycles. The van der Waals surface area contributed by atoms with Crippen LogP contribution in [0.2, 0.25) is 5.02 Å².